The highest BCUT2D eigenvalue weighted by Crippen LogP contribution is 2.36. The third-order valence-electron chi connectivity index (χ3n) is 4.31. The molecule has 1 aromatic rings. The molecule has 23 heavy (non-hydrogen) atoms. The van der Waals surface area contributed by atoms with E-state index in [1.807, 2.05) is 19.1 Å². The zero-order valence-electron chi connectivity index (χ0n) is 13.0. The standard InChI is InChI=1S/C15H18N4O3S/c1-3-11-17-18-15(23-11)16-12(20)8(2)19-13(21)9-6-4-5-7-10(9)14(19)22/h4-5,8-10H,3,6-7H2,1-2H3,(H,16,18,20)/t8-,9-,10-/m0/s1. The van der Waals surface area contributed by atoms with Gasteiger partial charge in [-0.05, 0) is 26.2 Å². The second-order valence-corrected chi connectivity index (χ2v) is 6.78. The Balaban J connectivity index is 1.72. The number of carbonyl (C=O) groups is 3. The molecule has 122 valence electrons. The van der Waals surface area contributed by atoms with Crippen molar-refractivity contribution in [2.75, 3.05) is 5.32 Å². The SMILES string of the molecule is CCc1nnc(NC(=O)[C@H](C)N2C(=O)[C@H]3CC=CC[C@@H]3C2=O)s1. The molecule has 0 saturated carbocycles. The van der Waals surface area contributed by atoms with Crippen LogP contribution in [0.3, 0.4) is 0 Å². The lowest BCUT2D eigenvalue weighted by Crippen LogP contribution is -2.46. The van der Waals surface area contributed by atoms with Crippen LogP contribution in [0.5, 0.6) is 0 Å². The largest absolute Gasteiger partial charge is 0.299 e. The van der Waals surface area contributed by atoms with Crippen LogP contribution in [0.25, 0.3) is 0 Å². The molecule has 1 aliphatic carbocycles. The number of fused-ring (bicyclic) bond motifs is 1. The van der Waals surface area contributed by atoms with Crippen LogP contribution >= 0.6 is 11.3 Å². The fraction of sp³-hybridized carbons (Fsp3) is 0.533. The van der Waals surface area contributed by atoms with E-state index in [1.54, 1.807) is 6.92 Å². The van der Waals surface area contributed by atoms with Crippen LogP contribution in [0.15, 0.2) is 12.2 Å². The Morgan fingerprint density at radius 1 is 1.30 bits per heavy atom. The van der Waals surface area contributed by atoms with Gasteiger partial charge >= 0.3 is 0 Å². The fourth-order valence-corrected chi connectivity index (χ4v) is 3.66. The normalized spacial score (nSPS) is 24.7. The van der Waals surface area contributed by atoms with Crippen molar-refractivity contribution in [3.8, 4) is 0 Å². The van der Waals surface area contributed by atoms with E-state index in [4.69, 9.17) is 0 Å². The van der Waals surface area contributed by atoms with E-state index in [9.17, 15) is 14.4 Å². The van der Waals surface area contributed by atoms with Gasteiger partial charge in [-0.1, -0.05) is 30.4 Å². The van der Waals surface area contributed by atoms with Gasteiger partial charge < -0.3 is 0 Å². The molecule has 8 heteroatoms. The Kier molecular flexibility index (Phi) is 4.25. The van der Waals surface area contributed by atoms with Crippen molar-refractivity contribution in [2.45, 2.75) is 39.2 Å². The number of rotatable bonds is 4. The number of allylic oxidation sites excluding steroid dienone is 2. The van der Waals surface area contributed by atoms with Crippen molar-refractivity contribution in [1.29, 1.82) is 0 Å². The zero-order chi connectivity index (χ0) is 16.6. The quantitative estimate of drug-likeness (QED) is 0.663. The van der Waals surface area contributed by atoms with E-state index in [0.29, 0.717) is 18.0 Å². The topological polar surface area (TPSA) is 92.3 Å². The molecule has 2 aliphatic rings. The molecule has 1 N–H and O–H groups in total. The Hall–Kier alpha value is -2.09. The van der Waals surface area contributed by atoms with Gasteiger partial charge in [0.25, 0.3) is 0 Å². The summed E-state index contributed by atoms with van der Waals surface area (Å²) in [4.78, 5) is 38.4. The first-order chi connectivity index (χ1) is 11.0. The summed E-state index contributed by atoms with van der Waals surface area (Å²) in [7, 11) is 0. The van der Waals surface area contributed by atoms with Crippen LogP contribution in [0, 0.1) is 11.8 Å². The van der Waals surface area contributed by atoms with Crippen LogP contribution in [-0.4, -0.2) is 38.9 Å². The Labute approximate surface area is 137 Å². The molecular formula is C15H18N4O3S. The summed E-state index contributed by atoms with van der Waals surface area (Å²) in [5.74, 6) is -1.57. The molecule has 0 spiro atoms. The highest BCUT2D eigenvalue weighted by molar-refractivity contribution is 7.15. The van der Waals surface area contributed by atoms with Crippen molar-refractivity contribution in [3.05, 3.63) is 17.2 Å². The molecule has 0 radical (unpaired) electrons. The summed E-state index contributed by atoms with van der Waals surface area (Å²) in [6, 6.07) is -0.852. The molecule has 1 fully saturated rings. The maximum Gasteiger partial charge on any atom is 0.249 e. The van der Waals surface area contributed by atoms with E-state index < -0.39 is 11.9 Å². The molecule has 3 atom stereocenters. The van der Waals surface area contributed by atoms with Gasteiger partial charge in [-0.3, -0.25) is 24.6 Å². The molecule has 0 aromatic carbocycles. The van der Waals surface area contributed by atoms with E-state index in [0.717, 1.165) is 16.3 Å². The summed E-state index contributed by atoms with van der Waals surface area (Å²) in [5, 5.41) is 11.7. The summed E-state index contributed by atoms with van der Waals surface area (Å²) in [6.07, 6.45) is 5.72. The molecule has 1 aliphatic heterocycles. The van der Waals surface area contributed by atoms with Crippen molar-refractivity contribution in [3.63, 3.8) is 0 Å². The Morgan fingerprint density at radius 3 is 2.43 bits per heavy atom. The average molecular weight is 334 g/mol. The summed E-state index contributed by atoms with van der Waals surface area (Å²) < 4.78 is 0. The maximum atomic E-state index is 12.5. The number of nitrogens with zero attached hydrogens (tertiary/aromatic N) is 3. The minimum Gasteiger partial charge on any atom is -0.299 e. The van der Waals surface area contributed by atoms with Crippen molar-refractivity contribution >= 4 is 34.2 Å². The number of amides is 3. The minimum absolute atomic E-state index is 0.251. The molecular weight excluding hydrogens is 316 g/mol. The average Bonchev–Trinajstić information content (AvgIpc) is 3.11. The van der Waals surface area contributed by atoms with Gasteiger partial charge in [0, 0.05) is 0 Å². The first kappa shape index (κ1) is 15.8. The smallest absolute Gasteiger partial charge is 0.249 e. The van der Waals surface area contributed by atoms with E-state index in [-0.39, 0.29) is 23.7 Å². The highest BCUT2D eigenvalue weighted by atomic mass is 32.1. The van der Waals surface area contributed by atoms with Gasteiger partial charge in [-0.2, -0.15) is 0 Å². The number of aromatic nitrogens is 2. The third kappa shape index (κ3) is 2.78. The molecule has 3 rings (SSSR count). The van der Waals surface area contributed by atoms with Crippen molar-refractivity contribution in [2.24, 2.45) is 11.8 Å². The molecule has 0 unspecified atom stereocenters. The summed E-state index contributed by atoms with van der Waals surface area (Å²) in [6.45, 7) is 3.52. The maximum absolute atomic E-state index is 12.5. The second-order valence-electron chi connectivity index (χ2n) is 5.72. The van der Waals surface area contributed by atoms with Gasteiger partial charge in [0.05, 0.1) is 11.8 Å². The first-order valence-electron chi connectivity index (χ1n) is 7.68. The number of anilines is 1. The predicted octanol–water partition coefficient (Wildman–Crippen LogP) is 1.38. The summed E-state index contributed by atoms with van der Waals surface area (Å²) >= 11 is 1.29. The van der Waals surface area contributed by atoms with Gasteiger partial charge in [-0.15, -0.1) is 10.2 Å². The summed E-state index contributed by atoms with van der Waals surface area (Å²) in [5.41, 5.74) is 0. The van der Waals surface area contributed by atoms with Crippen LogP contribution in [-0.2, 0) is 20.8 Å². The number of hydrogen-bond donors (Lipinski definition) is 1. The van der Waals surface area contributed by atoms with E-state index in [2.05, 4.69) is 15.5 Å². The van der Waals surface area contributed by atoms with Crippen LogP contribution in [0.2, 0.25) is 0 Å². The van der Waals surface area contributed by atoms with Gasteiger partial charge in [0.1, 0.15) is 11.0 Å². The third-order valence-corrected chi connectivity index (χ3v) is 5.29. The molecule has 0 bridgehead atoms. The predicted molar refractivity (Wildman–Crippen MR) is 84.6 cm³/mol. The number of hydrogen-bond acceptors (Lipinski definition) is 6. The molecule has 1 aromatic heterocycles. The van der Waals surface area contributed by atoms with Gasteiger partial charge in [0.2, 0.25) is 22.9 Å². The van der Waals surface area contributed by atoms with Crippen LogP contribution in [0.4, 0.5) is 5.13 Å². The lowest BCUT2D eigenvalue weighted by molar-refractivity contribution is -0.146. The molecule has 1 saturated heterocycles. The highest BCUT2D eigenvalue weighted by Gasteiger charge is 2.50. The van der Waals surface area contributed by atoms with Crippen molar-refractivity contribution in [1.82, 2.24) is 15.1 Å². The van der Waals surface area contributed by atoms with Crippen LogP contribution < -0.4 is 5.32 Å². The zero-order valence-corrected chi connectivity index (χ0v) is 13.8. The lowest BCUT2D eigenvalue weighted by atomic mass is 9.85. The van der Waals surface area contributed by atoms with E-state index in [1.165, 1.54) is 11.3 Å². The fourth-order valence-electron chi connectivity index (χ4n) is 2.98. The van der Waals surface area contributed by atoms with Crippen molar-refractivity contribution < 1.29 is 14.4 Å². The van der Waals surface area contributed by atoms with Gasteiger partial charge in [0.15, 0.2) is 0 Å². The number of imide groups is 1. The Morgan fingerprint density at radius 2 is 1.91 bits per heavy atom. The first-order valence-corrected chi connectivity index (χ1v) is 8.49. The number of nitrogens with one attached hydrogen (secondary N) is 1. The lowest BCUT2D eigenvalue weighted by Gasteiger charge is -2.21. The number of likely N-dealkylation sites (tertiary alicyclic amines) is 1. The van der Waals surface area contributed by atoms with Gasteiger partial charge in [-0.25, -0.2) is 0 Å². The molecule has 3 amide bonds. The molecule has 2 heterocycles. The number of aryl methyl sites for hydroxylation is 1. The Bertz CT molecular complexity index is 658. The second kappa shape index (κ2) is 6.19. The molecule has 7 nitrogen and oxygen atoms in total. The minimum atomic E-state index is -0.852. The number of carbonyl (C=O) groups excluding carboxylic acids is 3. The van der Waals surface area contributed by atoms with Crippen LogP contribution in [0.1, 0.15) is 31.7 Å². The van der Waals surface area contributed by atoms with E-state index >= 15 is 0 Å². The monoisotopic (exact) mass is 334 g/mol.